The first kappa shape index (κ1) is 17.5. The van der Waals surface area contributed by atoms with Gasteiger partial charge in [0.2, 0.25) is 0 Å². The molecule has 0 aliphatic carbocycles. The van der Waals surface area contributed by atoms with Crippen molar-refractivity contribution in [1.82, 2.24) is 5.32 Å². The quantitative estimate of drug-likeness (QED) is 0.264. The fraction of sp³-hybridized carbons (Fsp3) is 0.286. The minimum Gasteiger partial charge on any atom is -0.390 e. The van der Waals surface area contributed by atoms with Gasteiger partial charge in [-0.15, -0.1) is 0 Å². The Labute approximate surface area is 132 Å². The highest BCUT2D eigenvalue weighted by Gasteiger charge is 2.15. The van der Waals surface area contributed by atoms with Crippen LogP contribution in [-0.4, -0.2) is 17.4 Å². The SMILES string of the molecule is CCCCN/C=C(/C#N)C(=O)Nc1ccc(Cl)c([N+](=O)[O-])c1. The van der Waals surface area contributed by atoms with Crippen LogP contribution in [0.4, 0.5) is 11.4 Å². The molecule has 1 rings (SSSR count). The monoisotopic (exact) mass is 322 g/mol. The lowest BCUT2D eigenvalue weighted by Crippen LogP contribution is -2.17. The van der Waals surface area contributed by atoms with E-state index in [9.17, 15) is 14.9 Å². The number of hydrogen-bond donors (Lipinski definition) is 2. The van der Waals surface area contributed by atoms with E-state index in [2.05, 4.69) is 10.6 Å². The third-order valence-electron chi connectivity index (χ3n) is 2.69. The molecule has 0 unspecified atom stereocenters. The fourth-order valence-corrected chi connectivity index (χ4v) is 1.72. The minimum absolute atomic E-state index is 0.0275. The molecular weight excluding hydrogens is 308 g/mol. The molecule has 0 aromatic heterocycles. The maximum Gasteiger partial charge on any atom is 0.289 e. The van der Waals surface area contributed by atoms with Crippen LogP contribution in [0, 0.1) is 21.4 Å². The highest BCUT2D eigenvalue weighted by Crippen LogP contribution is 2.27. The number of carbonyl (C=O) groups is 1. The van der Waals surface area contributed by atoms with Crippen molar-refractivity contribution in [2.24, 2.45) is 0 Å². The van der Waals surface area contributed by atoms with Crippen LogP contribution < -0.4 is 10.6 Å². The lowest BCUT2D eigenvalue weighted by atomic mass is 10.2. The summed E-state index contributed by atoms with van der Waals surface area (Å²) in [5.74, 6) is -0.650. The summed E-state index contributed by atoms with van der Waals surface area (Å²) in [7, 11) is 0. The zero-order valence-corrected chi connectivity index (χ0v) is 12.7. The van der Waals surface area contributed by atoms with Gasteiger partial charge in [0.15, 0.2) is 0 Å². The van der Waals surface area contributed by atoms with Gasteiger partial charge in [-0.2, -0.15) is 5.26 Å². The summed E-state index contributed by atoms with van der Waals surface area (Å²) < 4.78 is 0. The average Bonchev–Trinajstić information content (AvgIpc) is 2.49. The molecule has 7 nitrogen and oxygen atoms in total. The molecule has 8 heteroatoms. The van der Waals surface area contributed by atoms with Crippen molar-refractivity contribution in [3.63, 3.8) is 0 Å². The van der Waals surface area contributed by atoms with Crippen molar-refractivity contribution in [2.45, 2.75) is 19.8 Å². The number of nitro groups is 1. The molecule has 0 aliphatic heterocycles. The van der Waals surface area contributed by atoms with Gasteiger partial charge in [0, 0.05) is 24.5 Å². The topological polar surface area (TPSA) is 108 Å². The van der Waals surface area contributed by atoms with Gasteiger partial charge < -0.3 is 10.6 Å². The molecule has 0 aliphatic rings. The van der Waals surface area contributed by atoms with Gasteiger partial charge in [-0.3, -0.25) is 14.9 Å². The number of hydrogen-bond acceptors (Lipinski definition) is 5. The molecule has 22 heavy (non-hydrogen) atoms. The molecule has 0 atom stereocenters. The van der Waals surface area contributed by atoms with Gasteiger partial charge in [-0.1, -0.05) is 24.9 Å². The van der Waals surface area contributed by atoms with Crippen molar-refractivity contribution in [2.75, 3.05) is 11.9 Å². The number of rotatable bonds is 7. The second kappa shape index (κ2) is 8.64. The summed E-state index contributed by atoms with van der Waals surface area (Å²) in [6.45, 7) is 2.68. The number of anilines is 1. The third-order valence-corrected chi connectivity index (χ3v) is 3.01. The Morgan fingerprint density at radius 3 is 2.86 bits per heavy atom. The highest BCUT2D eigenvalue weighted by atomic mass is 35.5. The molecule has 0 heterocycles. The Kier molecular flexibility index (Phi) is 6.86. The predicted octanol–water partition coefficient (Wildman–Crippen LogP) is 2.98. The Balaban J connectivity index is 2.81. The molecular formula is C14H15ClN4O3. The van der Waals surface area contributed by atoms with Crippen molar-refractivity contribution in [3.05, 3.63) is 45.1 Å². The normalized spacial score (nSPS) is 10.7. The van der Waals surface area contributed by atoms with Gasteiger partial charge in [0.1, 0.15) is 16.7 Å². The van der Waals surface area contributed by atoms with E-state index >= 15 is 0 Å². The van der Waals surface area contributed by atoms with Gasteiger partial charge in [0.25, 0.3) is 11.6 Å². The van der Waals surface area contributed by atoms with Crippen LogP contribution in [0.2, 0.25) is 5.02 Å². The van der Waals surface area contributed by atoms with Gasteiger partial charge in [-0.25, -0.2) is 0 Å². The predicted molar refractivity (Wildman–Crippen MR) is 83.3 cm³/mol. The molecule has 1 aromatic rings. The summed E-state index contributed by atoms with van der Waals surface area (Å²) in [4.78, 5) is 22.1. The molecule has 1 aromatic carbocycles. The van der Waals surface area contributed by atoms with Crippen LogP contribution in [0.25, 0.3) is 0 Å². The lowest BCUT2D eigenvalue weighted by Gasteiger charge is -2.05. The van der Waals surface area contributed by atoms with E-state index in [1.807, 2.05) is 6.92 Å². The van der Waals surface area contributed by atoms with Crippen molar-refractivity contribution >= 4 is 28.9 Å². The van der Waals surface area contributed by atoms with Crippen LogP contribution in [-0.2, 0) is 4.79 Å². The first-order chi connectivity index (χ1) is 10.5. The Bertz CT molecular complexity index is 637. The van der Waals surface area contributed by atoms with Crippen LogP contribution in [0.1, 0.15) is 19.8 Å². The number of carbonyl (C=O) groups excluding carboxylic acids is 1. The van der Waals surface area contributed by atoms with E-state index in [1.54, 1.807) is 6.07 Å². The number of benzene rings is 1. The molecule has 0 saturated carbocycles. The van der Waals surface area contributed by atoms with E-state index in [0.29, 0.717) is 6.54 Å². The summed E-state index contributed by atoms with van der Waals surface area (Å²) in [6.07, 6.45) is 3.24. The summed E-state index contributed by atoms with van der Waals surface area (Å²) in [5, 5.41) is 25.0. The summed E-state index contributed by atoms with van der Waals surface area (Å²) in [6, 6.07) is 5.65. The number of amides is 1. The second-order valence-electron chi connectivity index (χ2n) is 4.35. The second-order valence-corrected chi connectivity index (χ2v) is 4.76. The smallest absolute Gasteiger partial charge is 0.289 e. The average molecular weight is 323 g/mol. The highest BCUT2D eigenvalue weighted by molar-refractivity contribution is 6.32. The number of nitrogens with one attached hydrogen (secondary N) is 2. The zero-order valence-electron chi connectivity index (χ0n) is 11.9. The maximum atomic E-state index is 11.9. The summed E-state index contributed by atoms with van der Waals surface area (Å²) in [5.41, 5.74) is -0.243. The number of nitro benzene ring substituents is 1. The summed E-state index contributed by atoms with van der Waals surface area (Å²) >= 11 is 5.69. The molecule has 0 fully saturated rings. The van der Waals surface area contributed by atoms with Gasteiger partial charge in [0.05, 0.1) is 4.92 Å². The molecule has 0 bridgehead atoms. The zero-order chi connectivity index (χ0) is 16.5. The number of halogens is 1. The van der Waals surface area contributed by atoms with Crippen LogP contribution in [0.5, 0.6) is 0 Å². The molecule has 1 amide bonds. The number of nitrogens with zero attached hydrogens (tertiary/aromatic N) is 2. The largest absolute Gasteiger partial charge is 0.390 e. The molecule has 116 valence electrons. The van der Waals surface area contributed by atoms with Gasteiger partial charge in [-0.05, 0) is 18.6 Å². The Hall–Kier alpha value is -2.59. The molecule has 0 spiro atoms. The first-order valence-electron chi connectivity index (χ1n) is 6.58. The minimum atomic E-state index is -0.650. The molecule has 0 saturated heterocycles. The molecule has 2 N–H and O–H groups in total. The van der Waals surface area contributed by atoms with Crippen LogP contribution >= 0.6 is 11.6 Å². The lowest BCUT2D eigenvalue weighted by molar-refractivity contribution is -0.384. The van der Waals surface area contributed by atoms with E-state index in [0.717, 1.165) is 18.9 Å². The number of unbranched alkanes of at least 4 members (excludes halogenated alkanes) is 1. The number of nitriles is 1. The maximum absolute atomic E-state index is 11.9. The standard InChI is InChI=1S/C14H15ClN4O3/c1-2-3-6-17-9-10(8-16)14(20)18-11-4-5-12(15)13(7-11)19(21)22/h4-5,7,9,17H,2-3,6H2,1H3,(H,18,20)/b10-9-. The van der Waals surface area contributed by atoms with Crippen molar-refractivity contribution in [3.8, 4) is 6.07 Å². The fourth-order valence-electron chi connectivity index (χ4n) is 1.53. The van der Waals surface area contributed by atoms with Gasteiger partial charge >= 0.3 is 0 Å². The first-order valence-corrected chi connectivity index (χ1v) is 6.96. The van der Waals surface area contributed by atoms with Crippen LogP contribution in [0.15, 0.2) is 30.0 Å². The van der Waals surface area contributed by atoms with E-state index in [-0.39, 0.29) is 22.0 Å². The molecule has 0 radical (unpaired) electrons. The van der Waals surface area contributed by atoms with E-state index in [1.165, 1.54) is 18.3 Å². The third kappa shape index (κ3) is 5.07. The van der Waals surface area contributed by atoms with Crippen LogP contribution in [0.3, 0.4) is 0 Å². The van der Waals surface area contributed by atoms with E-state index in [4.69, 9.17) is 16.9 Å². The Morgan fingerprint density at radius 1 is 1.55 bits per heavy atom. The van der Waals surface area contributed by atoms with Crippen molar-refractivity contribution < 1.29 is 9.72 Å². The Morgan fingerprint density at radius 2 is 2.27 bits per heavy atom. The van der Waals surface area contributed by atoms with E-state index < -0.39 is 10.8 Å². The van der Waals surface area contributed by atoms with Crippen molar-refractivity contribution in [1.29, 1.82) is 5.26 Å².